The van der Waals surface area contributed by atoms with Crippen LogP contribution in [-0.2, 0) is 24.1 Å². The molecule has 2 aromatic carbocycles. The number of benzene rings is 2. The Morgan fingerprint density at radius 3 is 2.43 bits per heavy atom. The van der Waals surface area contributed by atoms with Crippen molar-refractivity contribution in [2.24, 2.45) is 7.05 Å². The van der Waals surface area contributed by atoms with Gasteiger partial charge in [0.25, 0.3) is 0 Å². The fourth-order valence-electron chi connectivity index (χ4n) is 2.13. The summed E-state index contributed by atoms with van der Waals surface area (Å²) in [5, 5.41) is 4.53. The molecule has 0 bridgehead atoms. The molecule has 3 aromatic rings. The number of rotatable bonds is 3. The zero-order valence-corrected chi connectivity index (χ0v) is 13.5. The SMILES string of the molecule is CSc1ccccc1-[n+]1[c-]c(-c2ccccc2)n(C)n1.[Cu+]. The first kappa shape index (κ1) is 15.8. The molecule has 0 aliphatic carbocycles. The van der Waals surface area contributed by atoms with Crippen molar-refractivity contribution in [2.75, 3.05) is 6.26 Å². The van der Waals surface area contributed by atoms with E-state index in [4.69, 9.17) is 0 Å². The van der Waals surface area contributed by atoms with Crippen LogP contribution >= 0.6 is 11.8 Å². The zero-order chi connectivity index (χ0) is 13.9. The summed E-state index contributed by atoms with van der Waals surface area (Å²) in [7, 11) is 1.94. The quantitative estimate of drug-likeness (QED) is 0.315. The first-order valence-electron chi connectivity index (χ1n) is 6.37. The molecule has 0 amide bonds. The van der Waals surface area contributed by atoms with Gasteiger partial charge in [-0.1, -0.05) is 48.0 Å². The number of thioether (sulfide) groups is 1. The van der Waals surface area contributed by atoms with Gasteiger partial charge in [0.05, 0.1) is 22.8 Å². The standard InChI is InChI=1S/C16H15N3S.Cu/c1-18-15(13-8-4-3-5-9-13)12-19(17-18)14-10-6-7-11-16(14)20-2;/h3-11H,1-2H3;/q;+1. The van der Waals surface area contributed by atoms with Gasteiger partial charge in [0.15, 0.2) is 0 Å². The van der Waals surface area contributed by atoms with Crippen LogP contribution < -0.4 is 4.68 Å². The van der Waals surface area contributed by atoms with Crippen LogP contribution in [0.15, 0.2) is 59.5 Å². The summed E-state index contributed by atoms with van der Waals surface area (Å²) in [5.41, 5.74) is 3.14. The largest absolute Gasteiger partial charge is 1.00 e. The van der Waals surface area contributed by atoms with Gasteiger partial charge in [-0.3, -0.25) is 0 Å². The maximum atomic E-state index is 4.53. The second kappa shape index (κ2) is 6.94. The number of para-hydroxylation sites is 1. The van der Waals surface area contributed by atoms with Crippen LogP contribution in [0.3, 0.4) is 0 Å². The third-order valence-electron chi connectivity index (χ3n) is 3.12. The molecule has 0 spiro atoms. The van der Waals surface area contributed by atoms with Crippen LogP contribution in [0.25, 0.3) is 16.9 Å². The molecule has 110 valence electrons. The van der Waals surface area contributed by atoms with E-state index in [-0.39, 0.29) is 17.1 Å². The van der Waals surface area contributed by atoms with Crippen molar-refractivity contribution < 1.29 is 21.8 Å². The summed E-state index contributed by atoms with van der Waals surface area (Å²) in [6, 6.07) is 18.4. The minimum Gasteiger partial charge on any atom is -0.206 e. The van der Waals surface area contributed by atoms with E-state index in [9.17, 15) is 0 Å². The number of aromatic nitrogens is 3. The van der Waals surface area contributed by atoms with Gasteiger partial charge in [-0.05, 0) is 6.26 Å². The van der Waals surface area contributed by atoms with Gasteiger partial charge in [-0.2, -0.15) is 4.68 Å². The molecule has 0 aliphatic heterocycles. The Bertz CT molecular complexity index is 725. The molecule has 3 rings (SSSR count). The number of hydrogen-bond donors (Lipinski definition) is 0. The second-order valence-corrected chi connectivity index (χ2v) is 5.27. The van der Waals surface area contributed by atoms with Crippen molar-refractivity contribution in [3.8, 4) is 16.9 Å². The average molecular weight is 345 g/mol. The molecular formula is C16H15CuN3S+. The smallest absolute Gasteiger partial charge is 0.206 e. The van der Waals surface area contributed by atoms with E-state index in [0.717, 1.165) is 16.9 Å². The Morgan fingerprint density at radius 2 is 1.71 bits per heavy atom. The first-order valence-corrected chi connectivity index (χ1v) is 7.59. The predicted molar refractivity (Wildman–Crippen MR) is 80.8 cm³/mol. The van der Waals surface area contributed by atoms with E-state index in [1.807, 2.05) is 46.7 Å². The predicted octanol–water partition coefficient (Wildman–Crippen LogP) is 2.88. The first-order chi connectivity index (χ1) is 9.79. The number of aryl methyl sites for hydroxylation is 1. The molecule has 0 saturated carbocycles. The van der Waals surface area contributed by atoms with Crippen LogP contribution in [0.5, 0.6) is 0 Å². The van der Waals surface area contributed by atoms with Crippen molar-refractivity contribution in [3.05, 3.63) is 60.8 Å². The van der Waals surface area contributed by atoms with Crippen molar-refractivity contribution in [2.45, 2.75) is 4.90 Å². The molecule has 1 aromatic heterocycles. The van der Waals surface area contributed by atoms with Gasteiger partial charge in [-0.25, -0.2) is 4.68 Å². The Morgan fingerprint density at radius 1 is 1.05 bits per heavy atom. The summed E-state index contributed by atoms with van der Waals surface area (Å²) < 4.78 is 3.67. The Hall–Kier alpha value is -1.55. The van der Waals surface area contributed by atoms with Crippen molar-refractivity contribution in [3.63, 3.8) is 0 Å². The molecule has 0 N–H and O–H groups in total. The monoisotopic (exact) mass is 344 g/mol. The maximum absolute atomic E-state index is 4.53. The Labute approximate surface area is 139 Å². The Balaban J connectivity index is 0.00000161. The summed E-state index contributed by atoms with van der Waals surface area (Å²) in [4.78, 5) is 1.19. The van der Waals surface area contributed by atoms with E-state index >= 15 is 0 Å². The molecule has 0 unspecified atom stereocenters. The molecule has 5 heteroatoms. The van der Waals surface area contributed by atoms with Crippen molar-refractivity contribution in [1.29, 1.82) is 0 Å². The van der Waals surface area contributed by atoms with Crippen LogP contribution in [-0.4, -0.2) is 16.2 Å². The molecule has 21 heavy (non-hydrogen) atoms. The van der Waals surface area contributed by atoms with Gasteiger partial charge < -0.3 is 0 Å². The summed E-state index contributed by atoms with van der Waals surface area (Å²) in [6.07, 6.45) is 5.41. The van der Waals surface area contributed by atoms with Crippen LogP contribution in [0.1, 0.15) is 0 Å². The summed E-state index contributed by atoms with van der Waals surface area (Å²) in [5.74, 6) is 0. The molecule has 0 fully saturated rings. The van der Waals surface area contributed by atoms with Gasteiger partial charge in [-0.15, -0.1) is 23.9 Å². The van der Waals surface area contributed by atoms with Crippen LogP contribution in [0, 0.1) is 6.20 Å². The third kappa shape index (κ3) is 3.21. The normalized spacial score (nSPS) is 10.2. The topological polar surface area (TPSA) is 21.7 Å². The summed E-state index contributed by atoms with van der Waals surface area (Å²) >= 11 is 1.71. The van der Waals surface area contributed by atoms with E-state index < -0.39 is 0 Å². The number of nitrogens with zero attached hydrogens (tertiary/aromatic N) is 3. The minimum atomic E-state index is 0. The molecule has 0 aliphatic rings. The van der Waals surface area contributed by atoms with E-state index in [2.05, 4.69) is 41.9 Å². The number of hydrogen-bond acceptors (Lipinski definition) is 2. The van der Waals surface area contributed by atoms with Crippen molar-refractivity contribution >= 4 is 11.8 Å². The molecule has 1 heterocycles. The zero-order valence-electron chi connectivity index (χ0n) is 11.7. The van der Waals surface area contributed by atoms with Gasteiger partial charge in [0.1, 0.15) is 7.05 Å². The molecule has 0 saturated heterocycles. The third-order valence-corrected chi connectivity index (χ3v) is 3.90. The second-order valence-electron chi connectivity index (χ2n) is 4.42. The van der Waals surface area contributed by atoms with Gasteiger partial charge in [0.2, 0.25) is 0 Å². The average Bonchev–Trinajstić information content (AvgIpc) is 2.90. The fraction of sp³-hybridized carbons (Fsp3) is 0.125. The molecule has 0 radical (unpaired) electrons. The van der Waals surface area contributed by atoms with Crippen LogP contribution in [0.2, 0.25) is 0 Å². The minimum absolute atomic E-state index is 0. The van der Waals surface area contributed by atoms with Crippen LogP contribution in [0.4, 0.5) is 0 Å². The maximum Gasteiger partial charge on any atom is 1.00 e. The van der Waals surface area contributed by atoms with Gasteiger partial charge >= 0.3 is 17.1 Å². The van der Waals surface area contributed by atoms with Gasteiger partial charge in [0, 0.05) is 4.90 Å². The Kier molecular flexibility index (Phi) is 5.23. The molecule has 3 nitrogen and oxygen atoms in total. The summed E-state index contributed by atoms with van der Waals surface area (Å²) in [6.45, 7) is 0. The van der Waals surface area contributed by atoms with E-state index in [1.54, 1.807) is 11.8 Å². The molecular weight excluding hydrogens is 330 g/mol. The van der Waals surface area contributed by atoms with E-state index in [0.29, 0.717) is 0 Å². The van der Waals surface area contributed by atoms with Crippen molar-refractivity contribution in [1.82, 2.24) is 9.90 Å². The fourth-order valence-corrected chi connectivity index (χ4v) is 2.71. The molecule has 0 atom stereocenters. The van der Waals surface area contributed by atoms with E-state index in [1.165, 1.54) is 4.90 Å².